The third kappa shape index (κ3) is 7.31. The summed E-state index contributed by atoms with van der Waals surface area (Å²) in [5, 5.41) is 11.6. The Kier molecular flexibility index (Phi) is 10.4. The number of hydrogen-bond acceptors (Lipinski definition) is 7. The molecule has 1 unspecified atom stereocenters. The molecule has 0 fully saturated rings. The highest BCUT2D eigenvalue weighted by Gasteiger charge is 2.44. The van der Waals surface area contributed by atoms with E-state index in [2.05, 4.69) is 91.0 Å². The Balaban J connectivity index is 0.999. The van der Waals surface area contributed by atoms with Crippen LogP contribution in [-0.4, -0.2) is 31.6 Å². The molecule has 0 aliphatic carbocycles. The van der Waals surface area contributed by atoms with Crippen molar-refractivity contribution in [1.82, 2.24) is 0 Å². The van der Waals surface area contributed by atoms with Gasteiger partial charge in [-0.2, -0.15) is 5.10 Å². The van der Waals surface area contributed by atoms with Crippen molar-refractivity contribution in [2.45, 2.75) is 18.9 Å². The molecule has 1 aliphatic heterocycles. The van der Waals surface area contributed by atoms with Crippen molar-refractivity contribution in [3.05, 3.63) is 197 Å². The quantitative estimate of drug-likeness (QED) is 0.0540. The van der Waals surface area contributed by atoms with E-state index in [1.54, 1.807) is 19.2 Å². The van der Waals surface area contributed by atoms with Gasteiger partial charge in [-0.05, 0) is 90.5 Å². The highest BCUT2D eigenvalue weighted by molar-refractivity contribution is 7.95. The number of benzene rings is 6. The number of hydrazone groups is 1. The number of nitrogens with zero attached hydrogens (tertiary/aromatic N) is 2. The molecule has 1 aromatic heterocycles. The third-order valence-corrected chi connectivity index (χ3v) is 14.7. The predicted molar refractivity (Wildman–Crippen MR) is 223 cm³/mol. The van der Waals surface area contributed by atoms with E-state index in [0.717, 1.165) is 22.8 Å². The number of methoxy groups -OCH3 is 1. The summed E-state index contributed by atoms with van der Waals surface area (Å²) in [4.78, 5) is 26.6. The summed E-state index contributed by atoms with van der Waals surface area (Å²) in [7, 11) is -0.417. The van der Waals surface area contributed by atoms with E-state index < -0.39 is 12.9 Å². The number of esters is 1. The van der Waals surface area contributed by atoms with Crippen molar-refractivity contribution in [1.29, 1.82) is 0 Å². The van der Waals surface area contributed by atoms with Gasteiger partial charge in [0.25, 0.3) is 0 Å². The molecular weight excluding hydrogens is 703 g/mol. The average molecular weight is 744 g/mol. The fourth-order valence-electron chi connectivity index (χ4n) is 7.45. The first-order valence-electron chi connectivity index (χ1n) is 18.4. The van der Waals surface area contributed by atoms with Gasteiger partial charge in [-0.25, -0.2) is 9.59 Å². The Bertz CT molecular complexity index is 2390. The van der Waals surface area contributed by atoms with Gasteiger partial charge in [-0.1, -0.05) is 84.9 Å². The Morgan fingerprint density at radius 3 is 1.91 bits per heavy atom. The van der Waals surface area contributed by atoms with E-state index in [1.807, 2.05) is 71.7 Å². The lowest BCUT2D eigenvalue weighted by Gasteiger charge is -2.27. The van der Waals surface area contributed by atoms with Crippen LogP contribution in [0.25, 0.3) is 11.0 Å². The first-order valence-corrected chi connectivity index (χ1v) is 20.4. The zero-order valence-corrected chi connectivity index (χ0v) is 31.3. The molecule has 55 heavy (non-hydrogen) atoms. The average Bonchev–Trinajstić information content (AvgIpc) is 3.70. The second-order valence-corrected chi connectivity index (χ2v) is 17.1. The van der Waals surface area contributed by atoms with Crippen LogP contribution >= 0.6 is 7.26 Å². The maximum absolute atomic E-state index is 13.4. The molecule has 7 aromatic rings. The van der Waals surface area contributed by atoms with Crippen molar-refractivity contribution in [2.24, 2.45) is 5.10 Å². The number of rotatable bonds is 12. The molecule has 0 amide bonds. The number of carbonyl (C=O) groups is 1. The highest BCUT2D eigenvalue weighted by Crippen LogP contribution is 2.55. The number of ether oxygens (including phenoxy) is 2. The zero-order chi connectivity index (χ0) is 37.6. The Labute approximate surface area is 320 Å². The topological polar surface area (TPSA) is 81.3 Å². The van der Waals surface area contributed by atoms with Crippen molar-refractivity contribution < 1.29 is 18.7 Å². The van der Waals surface area contributed by atoms with Crippen LogP contribution < -0.4 is 31.3 Å². The SMILES string of the molecule is COc1ccc2oc(=O)c(C3=NN(c4ccccc4)C(c4ccc(C(=O)OCCC[P+](c5ccccc5)(c5ccccc5)c5ccccc5)cc4)C3)cc2c1. The summed E-state index contributed by atoms with van der Waals surface area (Å²) in [5.41, 5.74) is 3.38. The monoisotopic (exact) mass is 743 g/mol. The van der Waals surface area contributed by atoms with Crippen LogP contribution in [0, 0.1) is 0 Å². The van der Waals surface area contributed by atoms with E-state index in [1.165, 1.54) is 15.9 Å². The minimum atomic E-state index is -2.02. The minimum Gasteiger partial charge on any atom is -0.497 e. The van der Waals surface area contributed by atoms with Gasteiger partial charge in [0.2, 0.25) is 0 Å². The Morgan fingerprint density at radius 2 is 1.33 bits per heavy atom. The molecule has 1 aliphatic rings. The molecule has 272 valence electrons. The number of anilines is 1. The maximum Gasteiger partial charge on any atom is 0.345 e. The van der Waals surface area contributed by atoms with Gasteiger partial charge >= 0.3 is 11.6 Å². The van der Waals surface area contributed by atoms with Crippen LogP contribution in [0.5, 0.6) is 5.75 Å². The summed E-state index contributed by atoms with van der Waals surface area (Å²) < 4.78 is 17.0. The molecule has 1 atom stereocenters. The van der Waals surface area contributed by atoms with E-state index in [-0.39, 0.29) is 12.0 Å². The molecular formula is C47H40N2O5P+. The minimum absolute atomic E-state index is 0.214. The summed E-state index contributed by atoms with van der Waals surface area (Å²) in [6.45, 7) is 0.302. The molecule has 0 saturated carbocycles. The summed E-state index contributed by atoms with van der Waals surface area (Å²) in [5.74, 6) is 0.311. The smallest absolute Gasteiger partial charge is 0.345 e. The van der Waals surface area contributed by atoms with Gasteiger partial charge in [0.05, 0.1) is 48.4 Å². The Morgan fingerprint density at radius 1 is 0.745 bits per heavy atom. The third-order valence-electron chi connectivity index (χ3n) is 10.2. The van der Waals surface area contributed by atoms with Crippen LogP contribution in [0.3, 0.4) is 0 Å². The molecule has 7 nitrogen and oxygen atoms in total. The van der Waals surface area contributed by atoms with Crippen LogP contribution in [0.15, 0.2) is 184 Å². The molecule has 0 spiro atoms. The molecule has 6 aromatic carbocycles. The molecule has 8 heteroatoms. The number of fused-ring (bicyclic) bond motifs is 1. The van der Waals surface area contributed by atoms with E-state index in [4.69, 9.17) is 19.0 Å². The van der Waals surface area contributed by atoms with Gasteiger partial charge < -0.3 is 13.9 Å². The first kappa shape index (κ1) is 35.7. The summed E-state index contributed by atoms with van der Waals surface area (Å²) in [6, 6.07) is 56.5. The van der Waals surface area contributed by atoms with Crippen molar-refractivity contribution in [3.8, 4) is 5.75 Å². The van der Waals surface area contributed by atoms with Gasteiger partial charge in [-0.3, -0.25) is 5.01 Å². The summed E-state index contributed by atoms with van der Waals surface area (Å²) in [6.07, 6.45) is 2.04. The molecule has 0 radical (unpaired) electrons. The number of hydrogen-bond donors (Lipinski definition) is 0. The number of para-hydroxylation sites is 1. The maximum atomic E-state index is 13.4. The van der Waals surface area contributed by atoms with Crippen molar-refractivity contribution in [2.75, 3.05) is 24.9 Å². The molecule has 8 rings (SSSR count). The second-order valence-electron chi connectivity index (χ2n) is 13.4. The lowest BCUT2D eigenvalue weighted by atomic mass is 9.97. The Hall–Kier alpha value is -6.30. The summed E-state index contributed by atoms with van der Waals surface area (Å²) >= 11 is 0. The lowest BCUT2D eigenvalue weighted by Crippen LogP contribution is -2.33. The first-order chi connectivity index (χ1) is 27.0. The lowest BCUT2D eigenvalue weighted by molar-refractivity contribution is 0.0506. The number of carbonyl (C=O) groups excluding carboxylic acids is 1. The predicted octanol–water partition coefficient (Wildman–Crippen LogP) is 8.70. The standard InChI is InChI=1S/C47H40N2O5P/c1-52-38-27-28-45-36(31-38)32-42(47(51)54-45)43-33-44(49(48-43)37-15-6-2-7-16-37)34-23-25-35(26-24-34)46(50)53-29-14-30-55(39-17-8-3-9-18-39,40-19-10-4-11-20-40)41-21-12-5-13-22-41/h2-13,15-28,31-32,44H,14,29-30,33H2,1H3/q+1. The van der Waals surface area contributed by atoms with Gasteiger partial charge in [-0.15, -0.1) is 0 Å². The van der Waals surface area contributed by atoms with Crippen LogP contribution in [0.1, 0.15) is 40.4 Å². The zero-order valence-electron chi connectivity index (χ0n) is 30.5. The van der Waals surface area contributed by atoms with Gasteiger partial charge in [0.1, 0.15) is 34.5 Å². The van der Waals surface area contributed by atoms with Gasteiger partial charge in [0.15, 0.2) is 0 Å². The van der Waals surface area contributed by atoms with E-state index in [9.17, 15) is 9.59 Å². The molecule has 0 saturated heterocycles. The van der Waals surface area contributed by atoms with Gasteiger partial charge in [0, 0.05) is 18.2 Å². The fourth-order valence-corrected chi connectivity index (χ4v) is 11.8. The molecule has 2 heterocycles. The van der Waals surface area contributed by atoms with E-state index >= 15 is 0 Å². The fraction of sp³-hybridized carbons (Fsp3) is 0.128. The van der Waals surface area contributed by atoms with Crippen LogP contribution in [0.2, 0.25) is 0 Å². The van der Waals surface area contributed by atoms with E-state index in [0.29, 0.717) is 47.6 Å². The largest absolute Gasteiger partial charge is 0.497 e. The second kappa shape index (κ2) is 16.0. The highest BCUT2D eigenvalue weighted by atomic mass is 31.2. The van der Waals surface area contributed by atoms with Crippen molar-refractivity contribution in [3.63, 3.8) is 0 Å². The molecule has 0 bridgehead atoms. The van der Waals surface area contributed by atoms with Crippen molar-refractivity contribution >= 4 is 51.5 Å². The van der Waals surface area contributed by atoms with Crippen LogP contribution in [0.4, 0.5) is 5.69 Å². The molecule has 0 N–H and O–H groups in total. The van der Waals surface area contributed by atoms with Crippen LogP contribution in [-0.2, 0) is 4.74 Å². The normalized spacial score (nSPS) is 14.1.